The maximum absolute atomic E-state index is 13.2. The lowest BCUT2D eigenvalue weighted by molar-refractivity contribution is 0.146. The minimum absolute atomic E-state index is 0.278. The normalized spacial score (nSPS) is 11.0. The minimum Gasteiger partial charge on any atom is -0.497 e. The Morgan fingerprint density at radius 1 is 1.04 bits per heavy atom. The molecule has 1 heterocycles. The molecule has 2 aromatic carbocycles. The smallest absolute Gasteiger partial charge is 0.281 e. The number of hydrogen-bond donors (Lipinski definition) is 1. The van der Waals surface area contributed by atoms with Crippen LogP contribution in [0.3, 0.4) is 0 Å². The molecule has 0 fully saturated rings. The molecule has 26 heavy (non-hydrogen) atoms. The van der Waals surface area contributed by atoms with Crippen LogP contribution < -0.4 is 15.2 Å². The number of imidazole rings is 1. The van der Waals surface area contributed by atoms with Gasteiger partial charge in [-0.3, -0.25) is 4.57 Å². The Morgan fingerprint density at radius 2 is 1.69 bits per heavy atom. The first-order valence-electron chi connectivity index (χ1n) is 8.07. The SMILES string of the molecule is COc1ccc(-c2nc(C(F)F)cn2-c2ccc(OCCN)cc2)cc1. The second kappa shape index (κ2) is 7.97. The molecule has 3 rings (SSSR count). The van der Waals surface area contributed by atoms with Gasteiger partial charge in [0.15, 0.2) is 0 Å². The highest BCUT2D eigenvalue weighted by atomic mass is 19.3. The van der Waals surface area contributed by atoms with Crippen molar-refractivity contribution in [1.82, 2.24) is 9.55 Å². The number of benzene rings is 2. The molecule has 3 aromatic rings. The summed E-state index contributed by atoms with van der Waals surface area (Å²) in [5, 5.41) is 0. The molecule has 136 valence electrons. The number of nitrogens with zero attached hydrogens (tertiary/aromatic N) is 2. The van der Waals surface area contributed by atoms with Crippen molar-refractivity contribution in [2.24, 2.45) is 5.73 Å². The fraction of sp³-hybridized carbons (Fsp3) is 0.211. The number of rotatable bonds is 7. The fourth-order valence-corrected chi connectivity index (χ4v) is 2.52. The van der Waals surface area contributed by atoms with Crippen LogP contribution in [-0.4, -0.2) is 29.8 Å². The van der Waals surface area contributed by atoms with Crippen LogP contribution >= 0.6 is 0 Å². The van der Waals surface area contributed by atoms with Crippen LogP contribution in [0.5, 0.6) is 11.5 Å². The summed E-state index contributed by atoms with van der Waals surface area (Å²) in [6, 6.07) is 14.2. The molecule has 5 nitrogen and oxygen atoms in total. The average molecular weight is 359 g/mol. The second-order valence-corrected chi connectivity index (χ2v) is 5.52. The fourth-order valence-electron chi connectivity index (χ4n) is 2.52. The summed E-state index contributed by atoms with van der Waals surface area (Å²) in [6.07, 6.45) is -1.31. The Hall–Kier alpha value is -2.93. The highest BCUT2D eigenvalue weighted by Gasteiger charge is 2.17. The number of ether oxygens (including phenoxy) is 2. The topological polar surface area (TPSA) is 62.3 Å². The molecule has 0 saturated heterocycles. The standard InChI is InChI=1S/C19H19F2N3O2/c1-25-15-6-2-13(3-7-15)19-23-17(18(20)21)12-24(19)14-4-8-16(9-5-14)26-11-10-22/h2-9,12,18H,10-11,22H2,1H3. The molecular formula is C19H19F2N3O2. The lowest BCUT2D eigenvalue weighted by Crippen LogP contribution is -2.10. The summed E-state index contributed by atoms with van der Waals surface area (Å²) in [7, 11) is 1.57. The van der Waals surface area contributed by atoms with Crippen molar-refractivity contribution in [3.63, 3.8) is 0 Å². The predicted molar refractivity (Wildman–Crippen MR) is 95.1 cm³/mol. The molecule has 0 spiro atoms. The molecule has 7 heteroatoms. The van der Waals surface area contributed by atoms with Gasteiger partial charge in [0.1, 0.15) is 29.6 Å². The van der Waals surface area contributed by atoms with Gasteiger partial charge in [-0.15, -0.1) is 0 Å². The van der Waals surface area contributed by atoms with Crippen LogP contribution in [0.2, 0.25) is 0 Å². The van der Waals surface area contributed by atoms with E-state index >= 15 is 0 Å². The highest BCUT2D eigenvalue weighted by Crippen LogP contribution is 2.29. The lowest BCUT2D eigenvalue weighted by atomic mass is 10.2. The van der Waals surface area contributed by atoms with Crippen molar-refractivity contribution < 1.29 is 18.3 Å². The van der Waals surface area contributed by atoms with Gasteiger partial charge in [0.25, 0.3) is 6.43 Å². The van der Waals surface area contributed by atoms with E-state index in [9.17, 15) is 8.78 Å². The zero-order chi connectivity index (χ0) is 18.5. The summed E-state index contributed by atoms with van der Waals surface area (Å²) in [5.74, 6) is 1.78. The summed E-state index contributed by atoms with van der Waals surface area (Å²) in [5.41, 5.74) is 6.55. The largest absolute Gasteiger partial charge is 0.497 e. The van der Waals surface area contributed by atoms with Gasteiger partial charge in [0, 0.05) is 24.0 Å². The summed E-state index contributed by atoms with van der Waals surface area (Å²) in [6.45, 7) is 0.833. The number of hydrogen-bond acceptors (Lipinski definition) is 4. The van der Waals surface area contributed by atoms with E-state index in [1.807, 2.05) is 0 Å². The van der Waals surface area contributed by atoms with Crippen molar-refractivity contribution >= 4 is 0 Å². The molecule has 0 aliphatic heterocycles. The predicted octanol–water partition coefficient (Wildman–Crippen LogP) is 3.82. The zero-order valence-corrected chi connectivity index (χ0v) is 14.2. The first kappa shape index (κ1) is 17.9. The molecule has 1 aromatic heterocycles. The van der Waals surface area contributed by atoms with Crippen molar-refractivity contribution in [1.29, 1.82) is 0 Å². The van der Waals surface area contributed by atoms with Crippen LogP contribution in [0.25, 0.3) is 17.1 Å². The van der Waals surface area contributed by atoms with E-state index in [1.165, 1.54) is 6.20 Å². The molecule has 0 amide bonds. The molecule has 0 atom stereocenters. The zero-order valence-electron chi connectivity index (χ0n) is 14.2. The minimum atomic E-state index is -2.65. The molecule has 0 saturated carbocycles. The third-order valence-corrected chi connectivity index (χ3v) is 3.80. The number of alkyl halides is 2. The van der Waals surface area contributed by atoms with Crippen molar-refractivity contribution in [2.75, 3.05) is 20.3 Å². The number of nitrogens with two attached hydrogens (primary N) is 1. The molecule has 0 radical (unpaired) electrons. The Labute approximate surface area is 150 Å². The van der Waals surface area contributed by atoms with Crippen molar-refractivity contribution in [2.45, 2.75) is 6.43 Å². The van der Waals surface area contributed by atoms with E-state index < -0.39 is 6.43 Å². The lowest BCUT2D eigenvalue weighted by Gasteiger charge is -2.10. The molecular weight excluding hydrogens is 340 g/mol. The van der Waals surface area contributed by atoms with E-state index in [4.69, 9.17) is 15.2 Å². The second-order valence-electron chi connectivity index (χ2n) is 5.52. The summed E-state index contributed by atoms with van der Waals surface area (Å²) < 4.78 is 38.6. The van der Waals surface area contributed by atoms with Gasteiger partial charge in [0.05, 0.1) is 7.11 Å². The van der Waals surface area contributed by atoms with Gasteiger partial charge >= 0.3 is 0 Å². The Morgan fingerprint density at radius 3 is 2.27 bits per heavy atom. The van der Waals surface area contributed by atoms with E-state index in [0.717, 1.165) is 0 Å². The van der Waals surface area contributed by atoms with Crippen molar-refractivity contribution in [3.05, 3.63) is 60.4 Å². The summed E-state index contributed by atoms with van der Waals surface area (Å²) >= 11 is 0. The molecule has 0 bridgehead atoms. The van der Waals surface area contributed by atoms with E-state index in [1.54, 1.807) is 60.2 Å². The molecule has 0 aliphatic carbocycles. The summed E-state index contributed by atoms with van der Waals surface area (Å²) in [4.78, 5) is 4.11. The van der Waals surface area contributed by atoms with Gasteiger partial charge in [0.2, 0.25) is 0 Å². The highest BCUT2D eigenvalue weighted by molar-refractivity contribution is 5.60. The quantitative estimate of drug-likeness (QED) is 0.697. The average Bonchev–Trinajstić information content (AvgIpc) is 3.12. The first-order valence-corrected chi connectivity index (χ1v) is 8.07. The third kappa shape index (κ3) is 3.83. The van der Waals surface area contributed by atoms with Crippen LogP contribution in [0, 0.1) is 0 Å². The molecule has 2 N–H and O–H groups in total. The van der Waals surface area contributed by atoms with Gasteiger partial charge < -0.3 is 15.2 Å². The van der Waals surface area contributed by atoms with Gasteiger partial charge in [-0.1, -0.05) is 0 Å². The molecule has 0 aliphatic rings. The van der Waals surface area contributed by atoms with Gasteiger partial charge in [-0.05, 0) is 48.5 Å². The maximum atomic E-state index is 13.2. The van der Waals surface area contributed by atoms with Gasteiger partial charge in [-0.2, -0.15) is 0 Å². The van der Waals surface area contributed by atoms with Crippen LogP contribution in [0.1, 0.15) is 12.1 Å². The van der Waals surface area contributed by atoms with E-state index in [-0.39, 0.29) is 5.69 Å². The number of methoxy groups -OCH3 is 1. The molecule has 0 unspecified atom stereocenters. The van der Waals surface area contributed by atoms with Crippen LogP contribution in [-0.2, 0) is 0 Å². The third-order valence-electron chi connectivity index (χ3n) is 3.80. The maximum Gasteiger partial charge on any atom is 0.281 e. The Balaban J connectivity index is 1.99. The Kier molecular flexibility index (Phi) is 5.48. The van der Waals surface area contributed by atoms with Crippen LogP contribution in [0.4, 0.5) is 8.78 Å². The van der Waals surface area contributed by atoms with E-state index in [0.29, 0.717) is 41.7 Å². The van der Waals surface area contributed by atoms with E-state index in [2.05, 4.69) is 4.98 Å². The number of aromatic nitrogens is 2. The Bertz CT molecular complexity index is 846. The van der Waals surface area contributed by atoms with Crippen LogP contribution in [0.15, 0.2) is 54.7 Å². The first-order chi connectivity index (χ1) is 12.6. The number of halogens is 2. The monoisotopic (exact) mass is 359 g/mol. The van der Waals surface area contributed by atoms with Crippen molar-refractivity contribution in [3.8, 4) is 28.6 Å². The van der Waals surface area contributed by atoms with Gasteiger partial charge in [-0.25, -0.2) is 13.8 Å².